The van der Waals surface area contributed by atoms with Gasteiger partial charge in [0.1, 0.15) is 0 Å². The van der Waals surface area contributed by atoms with Gasteiger partial charge in [-0.25, -0.2) is 11.6 Å². The van der Waals surface area contributed by atoms with Crippen LogP contribution in [0.25, 0.3) is 21.5 Å². The van der Waals surface area contributed by atoms with Crippen LogP contribution in [0, 0.1) is 12.0 Å². The molecule has 4 rings (SSSR count). The van der Waals surface area contributed by atoms with Crippen molar-refractivity contribution in [3.05, 3.63) is 78.4 Å². The molecule has 0 heterocycles. The van der Waals surface area contributed by atoms with Gasteiger partial charge in [0.2, 0.25) is 0 Å². The van der Waals surface area contributed by atoms with Crippen LogP contribution in [0.5, 0.6) is 0 Å². The standard InChI is InChI=1S/C13H9.C9H13.C2H6Si.2ClH.Ti/c1-3-7-12-10(5-1)9-11-6-2-4-8-13(11)12;1-3-8-5-6-9(4-2)7-8;1-3-2;;;/h1-9H;5-6,8H,3-4H2,1-2H3;1-2H3;2*1H;/q2*-1;;;;+2/p-2. The minimum absolute atomic E-state index is 0. The minimum Gasteiger partial charge on any atom is -1.00 e. The fourth-order valence-corrected chi connectivity index (χ4v) is 2.93. The van der Waals surface area contributed by atoms with Gasteiger partial charge in [-0.1, -0.05) is 69.0 Å². The molecule has 0 bridgehead atoms. The molecule has 1 unspecified atom stereocenters. The predicted octanol–water partition coefficient (Wildman–Crippen LogP) is 1.23. The fourth-order valence-electron chi connectivity index (χ4n) is 2.93. The van der Waals surface area contributed by atoms with Crippen LogP contribution in [0.2, 0.25) is 13.1 Å². The SMILES string of the molecule is CCC1=[C-]C(CC)C=C1.C[Si](C)=[Ti+2].[Cl-].[Cl-].c1ccc2c(c1)[cH-]c1ccccc12. The average molecular weight is 463 g/mol. The first-order valence-electron chi connectivity index (χ1n) is 9.40. The summed E-state index contributed by atoms with van der Waals surface area (Å²) in [4.78, 5) is 0. The molecular weight excluding hydrogens is 435 g/mol. The van der Waals surface area contributed by atoms with Crippen molar-refractivity contribution in [3.63, 3.8) is 0 Å². The molecule has 4 heteroatoms. The Morgan fingerprint density at radius 1 is 0.929 bits per heavy atom. The Morgan fingerprint density at radius 3 is 1.75 bits per heavy atom. The Bertz CT molecular complexity index is 870. The van der Waals surface area contributed by atoms with Crippen LogP contribution in [-0.4, -0.2) is 6.19 Å². The molecule has 1 aliphatic carbocycles. The van der Waals surface area contributed by atoms with E-state index < -0.39 is 0 Å². The molecule has 0 aromatic heterocycles. The first-order chi connectivity index (χ1) is 12.5. The molecule has 148 valence electrons. The van der Waals surface area contributed by atoms with Gasteiger partial charge in [-0.05, 0) is 0 Å². The number of hydrogen-bond acceptors (Lipinski definition) is 0. The largest absolute Gasteiger partial charge is 1.00 e. The van der Waals surface area contributed by atoms with Crippen LogP contribution >= 0.6 is 0 Å². The van der Waals surface area contributed by atoms with Gasteiger partial charge in [0.25, 0.3) is 0 Å². The Hall–Kier alpha value is -0.699. The summed E-state index contributed by atoms with van der Waals surface area (Å²) in [5.41, 5.74) is 1.38. The van der Waals surface area contributed by atoms with E-state index >= 15 is 0 Å². The van der Waals surface area contributed by atoms with Gasteiger partial charge in [-0.3, -0.25) is 6.08 Å². The second-order valence-corrected chi connectivity index (χ2v) is 13.4. The van der Waals surface area contributed by atoms with E-state index in [9.17, 15) is 0 Å². The summed E-state index contributed by atoms with van der Waals surface area (Å²) >= 11 is 2.27. The van der Waals surface area contributed by atoms with Crippen molar-refractivity contribution in [2.45, 2.75) is 39.8 Å². The van der Waals surface area contributed by atoms with Crippen LogP contribution in [0.4, 0.5) is 0 Å². The number of hydrogen-bond donors (Lipinski definition) is 0. The molecule has 3 aromatic rings. The quantitative estimate of drug-likeness (QED) is 0.396. The molecule has 0 radical (unpaired) electrons. The van der Waals surface area contributed by atoms with Crippen molar-refractivity contribution >= 4 is 27.7 Å². The Kier molecular flexibility index (Phi) is 14.0. The third kappa shape index (κ3) is 8.35. The third-order valence-electron chi connectivity index (χ3n) is 4.24. The molecule has 0 N–H and O–H groups in total. The predicted molar refractivity (Wildman–Crippen MR) is 114 cm³/mol. The van der Waals surface area contributed by atoms with Gasteiger partial charge < -0.3 is 24.8 Å². The first-order valence-corrected chi connectivity index (χ1v) is 14.2. The molecule has 0 saturated heterocycles. The molecular formula is C24H28Cl2SiTi-2. The fraction of sp³-hybridized carbons (Fsp3) is 0.292. The number of fused-ring (bicyclic) bond motifs is 3. The summed E-state index contributed by atoms with van der Waals surface area (Å²) in [5.74, 6) is 0.611. The number of benzene rings is 2. The second-order valence-electron chi connectivity index (χ2n) is 6.72. The molecule has 1 aliphatic rings. The van der Waals surface area contributed by atoms with E-state index in [0.717, 1.165) is 6.42 Å². The van der Waals surface area contributed by atoms with Crippen LogP contribution in [-0.2, 0) is 19.2 Å². The van der Waals surface area contributed by atoms with E-state index in [0.29, 0.717) is 5.92 Å². The van der Waals surface area contributed by atoms with Gasteiger partial charge in [0, 0.05) is 0 Å². The molecule has 0 aliphatic heterocycles. The van der Waals surface area contributed by atoms with Crippen molar-refractivity contribution in [1.82, 2.24) is 0 Å². The normalized spacial score (nSPS) is 14.1. The van der Waals surface area contributed by atoms with Crippen LogP contribution in [0.3, 0.4) is 0 Å². The van der Waals surface area contributed by atoms with E-state index in [1.807, 2.05) is 0 Å². The summed E-state index contributed by atoms with van der Waals surface area (Å²) < 4.78 is 0. The summed E-state index contributed by atoms with van der Waals surface area (Å²) in [5, 5.41) is 5.39. The summed E-state index contributed by atoms with van der Waals surface area (Å²) in [7, 11) is 0. The maximum absolute atomic E-state index is 3.40. The summed E-state index contributed by atoms with van der Waals surface area (Å²) in [6.45, 7) is 8.90. The van der Waals surface area contributed by atoms with Crippen molar-refractivity contribution in [1.29, 1.82) is 0 Å². The zero-order valence-electron chi connectivity index (χ0n) is 17.1. The molecule has 0 nitrogen and oxygen atoms in total. The third-order valence-corrected chi connectivity index (χ3v) is 4.24. The molecule has 0 saturated carbocycles. The van der Waals surface area contributed by atoms with E-state index in [2.05, 4.69) is 119 Å². The number of halogens is 2. The summed E-state index contributed by atoms with van der Waals surface area (Å²) in [6.07, 6.45) is 10.3. The van der Waals surface area contributed by atoms with Crippen molar-refractivity contribution in [2.75, 3.05) is 0 Å². The Balaban J connectivity index is 0.000000432. The van der Waals surface area contributed by atoms with E-state index in [4.69, 9.17) is 0 Å². The Labute approximate surface area is 194 Å². The minimum atomic E-state index is 0. The Morgan fingerprint density at radius 2 is 1.39 bits per heavy atom. The molecule has 1 atom stereocenters. The van der Waals surface area contributed by atoms with Gasteiger partial charge in [0.15, 0.2) is 0 Å². The van der Waals surface area contributed by atoms with Gasteiger partial charge in [0.05, 0.1) is 0 Å². The van der Waals surface area contributed by atoms with Crippen molar-refractivity contribution in [3.8, 4) is 0 Å². The zero-order valence-corrected chi connectivity index (χ0v) is 21.2. The molecule has 28 heavy (non-hydrogen) atoms. The molecule has 3 aromatic carbocycles. The zero-order chi connectivity index (χ0) is 18.9. The van der Waals surface area contributed by atoms with Gasteiger partial charge >= 0.3 is 38.5 Å². The average Bonchev–Trinajstić information content (AvgIpc) is 3.26. The van der Waals surface area contributed by atoms with Gasteiger partial charge in [-0.2, -0.15) is 6.08 Å². The first kappa shape index (κ1) is 27.3. The number of rotatable bonds is 2. The van der Waals surface area contributed by atoms with Crippen LogP contribution < -0.4 is 24.8 Å². The molecule has 0 fully saturated rings. The van der Waals surface area contributed by atoms with Gasteiger partial charge in [-0.15, -0.1) is 39.7 Å². The monoisotopic (exact) mass is 462 g/mol. The molecule has 0 spiro atoms. The summed E-state index contributed by atoms with van der Waals surface area (Å²) in [6, 6.07) is 19.3. The van der Waals surface area contributed by atoms with E-state index in [1.165, 1.54) is 33.5 Å². The van der Waals surface area contributed by atoms with E-state index in [-0.39, 0.29) is 31.0 Å². The van der Waals surface area contributed by atoms with Crippen LogP contribution in [0.1, 0.15) is 26.7 Å². The van der Waals surface area contributed by atoms with E-state index in [1.54, 1.807) is 0 Å². The number of allylic oxidation sites excluding steroid dienone is 4. The topological polar surface area (TPSA) is 0 Å². The smallest absolute Gasteiger partial charge is 0.0771 e. The second kappa shape index (κ2) is 14.3. The molecule has 0 amide bonds. The maximum Gasteiger partial charge on any atom is -0.0771 e. The van der Waals surface area contributed by atoms with Crippen molar-refractivity contribution in [2.24, 2.45) is 5.92 Å². The maximum atomic E-state index is 3.40. The van der Waals surface area contributed by atoms with Crippen molar-refractivity contribution < 1.29 is 44.0 Å². The van der Waals surface area contributed by atoms with Crippen LogP contribution in [0.15, 0.2) is 72.3 Å².